The summed E-state index contributed by atoms with van der Waals surface area (Å²) in [6.45, 7) is 5.89. The summed E-state index contributed by atoms with van der Waals surface area (Å²) >= 11 is 0. The normalized spacial score (nSPS) is 26.1. The Morgan fingerprint density at radius 3 is 2.53 bits per heavy atom. The van der Waals surface area contributed by atoms with E-state index < -0.39 is 0 Å². The van der Waals surface area contributed by atoms with Gasteiger partial charge < -0.3 is 15.1 Å². The molecule has 100 valence electrons. The van der Waals surface area contributed by atoms with Gasteiger partial charge in [0.25, 0.3) is 0 Å². The Bertz CT molecular complexity index is 251. The molecule has 0 spiro atoms. The van der Waals surface area contributed by atoms with Crippen LogP contribution in [0.5, 0.6) is 0 Å². The van der Waals surface area contributed by atoms with Crippen molar-refractivity contribution in [1.29, 1.82) is 0 Å². The van der Waals surface area contributed by atoms with Crippen molar-refractivity contribution in [1.82, 2.24) is 15.1 Å². The molecule has 2 aliphatic heterocycles. The molecule has 2 heterocycles. The van der Waals surface area contributed by atoms with Gasteiger partial charge in [-0.05, 0) is 38.8 Å². The first-order chi connectivity index (χ1) is 7.79. The summed E-state index contributed by atoms with van der Waals surface area (Å²) in [5, 5.41) is 3.52. The molecular weight excluding hydrogens is 327 g/mol. The van der Waals surface area contributed by atoms with Crippen LogP contribution >= 0.6 is 24.0 Å². The standard InChI is InChI=1S/C12H24N4.HI/c1-13-12(16-6-3-4-7-16)14-9-11-5-8-15(2)10-11;/h11H,3-10H2,1-2H3,(H,13,14);1H. The Hall–Kier alpha value is -0.0400. The molecule has 1 unspecified atom stereocenters. The molecule has 1 atom stereocenters. The quantitative estimate of drug-likeness (QED) is 0.461. The van der Waals surface area contributed by atoms with Gasteiger partial charge in [-0.1, -0.05) is 0 Å². The molecule has 4 nitrogen and oxygen atoms in total. The predicted molar refractivity (Wildman–Crippen MR) is 83.2 cm³/mol. The van der Waals surface area contributed by atoms with Gasteiger partial charge in [0, 0.05) is 33.2 Å². The van der Waals surface area contributed by atoms with Gasteiger partial charge in [-0.3, -0.25) is 4.99 Å². The van der Waals surface area contributed by atoms with E-state index in [4.69, 9.17) is 0 Å². The molecule has 0 radical (unpaired) electrons. The van der Waals surface area contributed by atoms with Gasteiger partial charge in [0.1, 0.15) is 0 Å². The van der Waals surface area contributed by atoms with Crippen LogP contribution in [0.15, 0.2) is 4.99 Å². The third-order valence-corrected chi connectivity index (χ3v) is 3.66. The van der Waals surface area contributed by atoms with Gasteiger partial charge in [-0.2, -0.15) is 0 Å². The maximum Gasteiger partial charge on any atom is 0.193 e. The molecule has 0 amide bonds. The van der Waals surface area contributed by atoms with Crippen molar-refractivity contribution < 1.29 is 0 Å². The van der Waals surface area contributed by atoms with Crippen LogP contribution in [0.4, 0.5) is 0 Å². The highest BCUT2D eigenvalue weighted by atomic mass is 127. The minimum absolute atomic E-state index is 0. The first-order valence-corrected chi connectivity index (χ1v) is 6.43. The second-order valence-corrected chi connectivity index (χ2v) is 5.04. The molecule has 0 aromatic heterocycles. The maximum atomic E-state index is 4.37. The van der Waals surface area contributed by atoms with Crippen molar-refractivity contribution in [3.63, 3.8) is 0 Å². The molecule has 1 N–H and O–H groups in total. The van der Waals surface area contributed by atoms with Crippen LogP contribution in [0.3, 0.4) is 0 Å². The van der Waals surface area contributed by atoms with Crippen molar-refractivity contribution in [2.24, 2.45) is 10.9 Å². The number of likely N-dealkylation sites (tertiary alicyclic amines) is 2. The van der Waals surface area contributed by atoms with E-state index in [0.717, 1.165) is 18.4 Å². The fraction of sp³-hybridized carbons (Fsp3) is 0.917. The Morgan fingerprint density at radius 2 is 2.00 bits per heavy atom. The maximum absolute atomic E-state index is 4.37. The molecule has 0 saturated carbocycles. The molecule has 0 aliphatic carbocycles. The SMILES string of the molecule is CN=C(NCC1CCN(C)C1)N1CCCC1.I. The summed E-state index contributed by atoms with van der Waals surface area (Å²) in [5.41, 5.74) is 0. The van der Waals surface area contributed by atoms with Crippen molar-refractivity contribution in [2.45, 2.75) is 19.3 Å². The number of hydrogen-bond acceptors (Lipinski definition) is 2. The number of halogens is 1. The molecule has 17 heavy (non-hydrogen) atoms. The average Bonchev–Trinajstić information content (AvgIpc) is 2.91. The molecule has 5 heteroatoms. The largest absolute Gasteiger partial charge is 0.356 e. The van der Waals surface area contributed by atoms with Crippen LogP contribution in [0.1, 0.15) is 19.3 Å². The molecule has 0 aromatic rings. The highest BCUT2D eigenvalue weighted by Crippen LogP contribution is 2.13. The Morgan fingerprint density at radius 1 is 1.29 bits per heavy atom. The van der Waals surface area contributed by atoms with E-state index in [9.17, 15) is 0 Å². The van der Waals surface area contributed by atoms with Crippen molar-refractivity contribution in [2.75, 3.05) is 46.8 Å². The zero-order valence-electron chi connectivity index (χ0n) is 11.0. The number of rotatable bonds is 2. The fourth-order valence-electron chi connectivity index (χ4n) is 2.69. The lowest BCUT2D eigenvalue weighted by Crippen LogP contribution is -2.41. The second-order valence-electron chi connectivity index (χ2n) is 5.04. The van der Waals surface area contributed by atoms with Gasteiger partial charge in [0.05, 0.1) is 0 Å². The average molecular weight is 352 g/mol. The molecule has 2 rings (SSSR count). The van der Waals surface area contributed by atoms with Crippen molar-refractivity contribution in [3.8, 4) is 0 Å². The zero-order valence-corrected chi connectivity index (χ0v) is 13.3. The van der Waals surface area contributed by atoms with Crippen LogP contribution in [-0.2, 0) is 0 Å². The predicted octanol–water partition coefficient (Wildman–Crippen LogP) is 1.23. The molecular formula is C12H25IN4. The minimum atomic E-state index is 0. The van der Waals surface area contributed by atoms with Crippen LogP contribution in [0.2, 0.25) is 0 Å². The van der Waals surface area contributed by atoms with E-state index in [1.165, 1.54) is 45.4 Å². The minimum Gasteiger partial charge on any atom is -0.356 e. The molecule has 0 aromatic carbocycles. The summed E-state index contributed by atoms with van der Waals surface area (Å²) in [7, 11) is 4.09. The van der Waals surface area contributed by atoms with Crippen LogP contribution < -0.4 is 5.32 Å². The summed E-state index contributed by atoms with van der Waals surface area (Å²) in [4.78, 5) is 9.15. The number of hydrogen-bond donors (Lipinski definition) is 1. The van der Waals surface area contributed by atoms with Gasteiger partial charge in [0.2, 0.25) is 0 Å². The number of nitrogens with one attached hydrogen (secondary N) is 1. The number of nitrogens with zero attached hydrogens (tertiary/aromatic N) is 3. The molecule has 2 fully saturated rings. The molecule has 2 aliphatic rings. The lowest BCUT2D eigenvalue weighted by molar-refractivity contribution is 0.391. The lowest BCUT2D eigenvalue weighted by Gasteiger charge is -2.22. The summed E-state index contributed by atoms with van der Waals surface area (Å²) in [6.07, 6.45) is 3.94. The van der Waals surface area contributed by atoms with Crippen molar-refractivity contribution in [3.05, 3.63) is 0 Å². The Balaban J connectivity index is 0.00000144. The summed E-state index contributed by atoms with van der Waals surface area (Å²) < 4.78 is 0. The first-order valence-electron chi connectivity index (χ1n) is 6.43. The number of aliphatic imine (C=N–C) groups is 1. The monoisotopic (exact) mass is 352 g/mol. The van der Waals surface area contributed by atoms with Gasteiger partial charge in [-0.15, -0.1) is 24.0 Å². The lowest BCUT2D eigenvalue weighted by atomic mass is 10.1. The third-order valence-electron chi connectivity index (χ3n) is 3.66. The van der Waals surface area contributed by atoms with Crippen LogP contribution in [0.25, 0.3) is 0 Å². The summed E-state index contributed by atoms with van der Waals surface area (Å²) in [6, 6.07) is 0. The van der Waals surface area contributed by atoms with E-state index in [0.29, 0.717) is 0 Å². The molecule has 2 saturated heterocycles. The topological polar surface area (TPSA) is 30.9 Å². The van der Waals surface area contributed by atoms with Gasteiger partial charge in [0.15, 0.2) is 5.96 Å². The van der Waals surface area contributed by atoms with Crippen molar-refractivity contribution >= 4 is 29.9 Å². The zero-order chi connectivity index (χ0) is 11.4. The van der Waals surface area contributed by atoms with E-state index in [-0.39, 0.29) is 24.0 Å². The smallest absolute Gasteiger partial charge is 0.193 e. The highest BCUT2D eigenvalue weighted by molar-refractivity contribution is 14.0. The van der Waals surface area contributed by atoms with Crippen LogP contribution in [0, 0.1) is 5.92 Å². The summed E-state index contributed by atoms with van der Waals surface area (Å²) in [5.74, 6) is 1.90. The Kier molecular flexibility index (Phi) is 6.54. The Labute approximate surface area is 122 Å². The van der Waals surface area contributed by atoms with E-state index in [1.807, 2.05) is 7.05 Å². The third kappa shape index (κ3) is 4.28. The molecule has 0 bridgehead atoms. The number of guanidine groups is 1. The van der Waals surface area contributed by atoms with E-state index in [1.54, 1.807) is 0 Å². The van der Waals surface area contributed by atoms with Crippen LogP contribution in [-0.4, -0.2) is 62.6 Å². The first kappa shape index (κ1) is 15.0. The van der Waals surface area contributed by atoms with E-state index >= 15 is 0 Å². The highest BCUT2D eigenvalue weighted by Gasteiger charge is 2.21. The second kappa shape index (κ2) is 7.41. The van der Waals surface area contributed by atoms with Gasteiger partial charge in [-0.25, -0.2) is 0 Å². The fourth-order valence-corrected chi connectivity index (χ4v) is 2.69. The van der Waals surface area contributed by atoms with Gasteiger partial charge >= 0.3 is 0 Å². The van der Waals surface area contributed by atoms with E-state index in [2.05, 4.69) is 27.2 Å².